The number of halogens is 2. The first-order valence-electron chi connectivity index (χ1n) is 6.47. The zero-order valence-electron chi connectivity index (χ0n) is 10.1. The van der Waals surface area contributed by atoms with Crippen molar-refractivity contribution >= 4 is 28.8 Å². The van der Waals surface area contributed by atoms with Gasteiger partial charge in [0.05, 0.1) is 5.02 Å². The molecule has 2 heterocycles. The molecule has 2 atom stereocenters. The molecule has 0 saturated carbocycles. The molecule has 0 spiro atoms. The minimum atomic E-state index is 0.383. The molecular formula is C14H16Cl2N2. The minimum Gasteiger partial charge on any atom is -0.316 e. The monoisotopic (exact) mass is 282 g/mol. The van der Waals surface area contributed by atoms with E-state index in [2.05, 4.69) is 16.4 Å². The predicted octanol–water partition coefficient (Wildman–Crippen LogP) is 3.79. The van der Waals surface area contributed by atoms with Crippen molar-refractivity contribution < 1.29 is 0 Å². The Labute approximate surface area is 117 Å². The summed E-state index contributed by atoms with van der Waals surface area (Å²) in [6.07, 6.45) is 7.94. The highest BCUT2D eigenvalue weighted by atomic mass is 35.5. The molecule has 4 heteroatoms. The van der Waals surface area contributed by atoms with E-state index in [9.17, 15) is 0 Å². The summed E-state index contributed by atoms with van der Waals surface area (Å²) in [7, 11) is 0. The van der Waals surface area contributed by atoms with Gasteiger partial charge in [-0.25, -0.2) is 4.98 Å². The number of hydrogen-bond donors (Lipinski definition) is 1. The molecule has 2 aliphatic rings. The zero-order chi connectivity index (χ0) is 12.5. The van der Waals surface area contributed by atoms with Crippen LogP contribution >= 0.6 is 23.2 Å². The van der Waals surface area contributed by atoms with Crippen LogP contribution in [0.25, 0.3) is 5.57 Å². The van der Waals surface area contributed by atoms with Crippen molar-refractivity contribution in [2.24, 2.45) is 11.8 Å². The number of fused-ring (bicyclic) bond motifs is 1. The number of allylic oxidation sites excluding steroid dienone is 1. The van der Waals surface area contributed by atoms with Gasteiger partial charge in [-0.3, -0.25) is 0 Å². The molecule has 1 aliphatic heterocycles. The van der Waals surface area contributed by atoms with Gasteiger partial charge in [-0.2, -0.15) is 0 Å². The number of rotatable bonds is 1. The van der Waals surface area contributed by atoms with Crippen LogP contribution in [0.3, 0.4) is 0 Å². The fraction of sp³-hybridized carbons (Fsp3) is 0.500. The van der Waals surface area contributed by atoms with Gasteiger partial charge in [0.2, 0.25) is 0 Å². The Morgan fingerprint density at radius 3 is 3.00 bits per heavy atom. The molecule has 2 unspecified atom stereocenters. The summed E-state index contributed by atoms with van der Waals surface area (Å²) < 4.78 is 0. The van der Waals surface area contributed by atoms with Gasteiger partial charge in [0.1, 0.15) is 5.15 Å². The number of hydrogen-bond acceptors (Lipinski definition) is 2. The lowest BCUT2D eigenvalue weighted by Crippen LogP contribution is -2.37. The Hall–Kier alpha value is -0.570. The number of nitrogens with one attached hydrogen (secondary N) is 1. The Morgan fingerprint density at radius 1 is 1.28 bits per heavy atom. The van der Waals surface area contributed by atoms with Gasteiger partial charge in [-0.05, 0) is 54.8 Å². The molecule has 1 saturated heterocycles. The molecule has 0 bridgehead atoms. The van der Waals surface area contributed by atoms with E-state index >= 15 is 0 Å². The normalized spacial score (nSPS) is 27.6. The van der Waals surface area contributed by atoms with Crippen LogP contribution in [0.1, 0.15) is 24.8 Å². The molecule has 1 aromatic rings. The van der Waals surface area contributed by atoms with E-state index in [0.29, 0.717) is 16.1 Å². The maximum absolute atomic E-state index is 6.04. The summed E-state index contributed by atoms with van der Waals surface area (Å²) in [4.78, 5) is 4.13. The van der Waals surface area contributed by atoms with E-state index in [4.69, 9.17) is 23.2 Å². The number of aromatic nitrogens is 1. The highest BCUT2D eigenvalue weighted by molar-refractivity contribution is 6.41. The second-order valence-electron chi connectivity index (χ2n) is 5.14. The highest BCUT2D eigenvalue weighted by Gasteiger charge is 2.27. The Kier molecular flexibility index (Phi) is 3.60. The first kappa shape index (κ1) is 12.5. The van der Waals surface area contributed by atoms with Gasteiger partial charge in [-0.15, -0.1) is 0 Å². The van der Waals surface area contributed by atoms with E-state index in [-0.39, 0.29) is 0 Å². The molecule has 0 aromatic carbocycles. The van der Waals surface area contributed by atoms with Crippen LogP contribution in [-0.4, -0.2) is 18.1 Å². The summed E-state index contributed by atoms with van der Waals surface area (Å²) >= 11 is 11.9. The fourth-order valence-corrected chi connectivity index (χ4v) is 3.28. The van der Waals surface area contributed by atoms with Crippen LogP contribution in [0.2, 0.25) is 10.2 Å². The van der Waals surface area contributed by atoms with Gasteiger partial charge in [0, 0.05) is 12.7 Å². The van der Waals surface area contributed by atoms with E-state index in [1.165, 1.54) is 25.0 Å². The van der Waals surface area contributed by atoms with Crippen molar-refractivity contribution in [2.45, 2.75) is 19.3 Å². The number of nitrogens with zero attached hydrogens (tertiary/aromatic N) is 1. The van der Waals surface area contributed by atoms with Crippen LogP contribution in [-0.2, 0) is 0 Å². The maximum atomic E-state index is 6.04. The van der Waals surface area contributed by atoms with Crippen molar-refractivity contribution in [3.8, 4) is 0 Å². The molecule has 1 fully saturated rings. The van der Waals surface area contributed by atoms with E-state index in [1.807, 2.05) is 12.3 Å². The van der Waals surface area contributed by atoms with E-state index in [1.54, 1.807) is 0 Å². The molecule has 1 aliphatic carbocycles. The summed E-state index contributed by atoms with van der Waals surface area (Å²) in [5.41, 5.74) is 2.49. The number of piperidine rings is 1. The lowest BCUT2D eigenvalue weighted by Gasteiger charge is -2.34. The van der Waals surface area contributed by atoms with Crippen LogP contribution < -0.4 is 5.32 Å². The number of pyridine rings is 1. The van der Waals surface area contributed by atoms with Gasteiger partial charge < -0.3 is 5.32 Å². The smallest absolute Gasteiger partial charge is 0.147 e. The lowest BCUT2D eigenvalue weighted by molar-refractivity contribution is 0.279. The SMILES string of the molecule is Clc1cc(C2=CC3CNCCC3CC2)cnc1Cl. The molecule has 18 heavy (non-hydrogen) atoms. The molecule has 3 rings (SSSR count). The van der Waals surface area contributed by atoms with Crippen molar-refractivity contribution in [1.29, 1.82) is 0 Å². The van der Waals surface area contributed by atoms with Crippen LogP contribution in [0.5, 0.6) is 0 Å². The maximum Gasteiger partial charge on any atom is 0.147 e. The second-order valence-corrected chi connectivity index (χ2v) is 5.91. The fourth-order valence-electron chi connectivity index (χ4n) is 3.01. The highest BCUT2D eigenvalue weighted by Crippen LogP contribution is 2.37. The van der Waals surface area contributed by atoms with Gasteiger partial charge in [0.25, 0.3) is 0 Å². The zero-order valence-corrected chi connectivity index (χ0v) is 11.6. The summed E-state index contributed by atoms with van der Waals surface area (Å²) in [5, 5.41) is 4.39. The quantitative estimate of drug-likeness (QED) is 0.793. The molecule has 0 radical (unpaired) electrons. The molecular weight excluding hydrogens is 267 g/mol. The van der Waals surface area contributed by atoms with Gasteiger partial charge >= 0.3 is 0 Å². The van der Waals surface area contributed by atoms with Crippen LogP contribution in [0, 0.1) is 11.8 Å². The molecule has 0 amide bonds. The van der Waals surface area contributed by atoms with E-state index < -0.39 is 0 Å². The van der Waals surface area contributed by atoms with E-state index in [0.717, 1.165) is 24.4 Å². The summed E-state index contributed by atoms with van der Waals surface area (Å²) in [6.45, 7) is 2.27. The third kappa shape index (κ3) is 2.42. The lowest BCUT2D eigenvalue weighted by atomic mass is 9.76. The van der Waals surface area contributed by atoms with Crippen molar-refractivity contribution in [1.82, 2.24) is 10.3 Å². The molecule has 2 nitrogen and oxygen atoms in total. The predicted molar refractivity (Wildman–Crippen MR) is 75.9 cm³/mol. The van der Waals surface area contributed by atoms with Crippen molar-refractivity contribution in [3.63, 3.8) is 0 Å². The molecule has 96 valence electrons. The average molecular weight is 283 g/mol. The third-order valence-corrected chi connectivity index (χ3v) is 4.73. The standard InChI is InChI=1S/C14H16Cl2N2/c15-13-6-12(8-18-14(13)16)10-2-1-9-3-4-17-7-11(9)5-10/h5-6,8-9,11,17H,1-4,7H2. The van der Waals surface area contributed by atoms with Crippen molar-refractivity contribution in [3.05, 3.63) is 34.1 Å². The van der Waals surface area contributed by atoms with Crippen molar-refractivity contribution in [2.75, 3.05) is 13.1 Å². The summed E-state index contributed by atoms with van der Waals surface area (Å²) in [5.74, 6) is 1.52. The minimum absolute atomic E-state index is 0.383. The Balaban J connectivity index is 1.87. The first-order chi connectivity index (χ1) is 8.74. The molecule has 1 N–H and O–H groups in total. The largest absolute Gasteiger partial charge is 0.316 e. The third-order valence-electron chi connectivity index (χ3n) is 4.04. The van der Waals surface area contributed by atoms with Crippen LogP contribution in [0.15, 0.2) is 18.3 Å². The average Bonchev–Trinajstić information content (AvgIpc) is 2.41. The second kappa shape index (κ2) is 5.20. The van der Waals surface area contributed by atoms with Gasteiger partial charge in [0.15, 0.2) is 0 Å². The Bertz CT molecular complexity index is 485. The topological polar surface area (TPSA) is 24.9 Å². The molecule has 1 aromatic heterocycles. The summed E-state index contributed by atoms with van der Waals surface area (Å²) in [6, 6.07) is 1.93. The van der Waals surface area contributed by atoms with Gasteiger partial charge in [-0.1, -0.05) is 29.3 Å². The van der Waals surface area contributed by atoms with Crippen LogP contribution in [0.4, 0.5) is 0 Å². The first-order valence-corrected chi connectivity index (χ1v) is 7.22. The Morgan fingerprint density at radius 2 is 2.17 bits per heavy atom.